The number of piperidine rings is 1. The minimum Gasteiger partial charge on any atom is -0.479 e. The van der Waals surface area contributed by atoms with E-state index >= 15 is 0 Å². The highest BCUT2D eigenvalue weighted by Crippen LogP contribution is 2.51. The number of carbonyl (C=O) groups excluding carboxylic acids is 1. The van der Waals surface area contributed by atoms with Crippen LogP contribution < -0.4 is 5.32 Å². The fourth-order valence-electron chi connectivity index (χ4n) is 4.72. The highest BCUT2D eigenvalue weighted by atomic mass is 35.5. The molecule has 0 aromatic heterocycles. The molecule has 1 aromatic carbocycles. The Morgan fingerprint density at radius 1 is 1.38 bits per heavy atom. The molecule has 7 heteroatoms. The van der Waals surface area contributed by atoms with E-state index in [0.717, 1.165) is 18.4 Å². The number of halogens is 1. The first-order valence-corrected chi connectivity index (χ1v) is 9.26. The maximum Gasteiger partial charge on any atom is 0.329 e. The van der Waals surface area contributed by atoms with Crippen LogP contribution in [0, 0.1) is 23.2 Å². The summed E-state index contributed by atoms with van der Waals surface area (Å²) in [5.74, 6) is -0.542. The van der Waals surface area contributed by atoms with Crippen molar-refractivity contribution in [3.63, 3.8) is 0 Å². The number of urea groups is 1. The van der Waals surface area contributed by atoms with Crippen LogP contribution in [0.2, 0.25) is 5.02 Å². The van der Waals surface area contributed by atoms with Crippen molar-refractivity contribution in [2.45, 2.75) is 50.1 Å². The number of aliphatic carboxylic acids is 1. The van der Waals surface area contributed by atoms with Gasteiger partial charge in [-0.05, 0) is 48.9 Å². The smallest absolute Gasteiger partial charge is 0.329 e. The molecule has 0 spiro atoms. The molecule has 5 atom stereocenters. The number of nitrogens with one attached hydrogen (secondary N) is 1. The molecule has 6 nitrogen and oxygen atoms in total. The van der Waals surface area contributed by atoms with E-state index < -0.39 is 11.5 Å². The van der Waals surface area contributed by atoms with Gasteiger partial charge in [0.1, 0.15) is 5.54 Å². The maximum atomic E-state index is 12.8. The highest BCUT2D eigenvalue weighted by Gasteiger charge is 2.63. The molecule has 26 heavy (non-hydrogen) atoms. The predicted molar refractivity (Wildman–Crippen MR) is 95.9 cm³/mol. The lowest BCUT2D eigenvalue weighted by Crippen LogP contribution is -2.75. The van der Waals surface area contributed by atoms with Gasteiger partial charge in [0.25, 0.3) is 0 Å². The number of hydrogen-bond donors (Lipinski definition) is 2. The quantitative estimate of drug-likeness (QED) is 0.842. The number of nitriles is 1. The van der Waals surface area contributed by atoms with Gasteiger partial charge in [-0.3, -0.25) is 0 Å². The summed E-state index contributed by atoms with van der Waals surface area (Å²) >= 11 is 6.24. The summed E-state index contributed by atoms with van der Waals surface area (Å²) in [5.41, 5.74) is 0.363. The summed E-state index contributed by atoms with van der Waals surface area (Å²) in [6.07, 6.45) is 2.63. The van der Waals surface area contributed by atoms with E-state index in [1.165, 1.54) is 4.90 Å². The van der Waals surface area contributed by atoms with Crippen molar-refractivity contribution in [3.05, 3.63) is 28.8 Å². The zero-order valence-corrected chi connectivity index (χ0v) is 15.2. The molecule has 4 fully saturated rings. The van der Waals surface area contributed by atoms with Crippen molar-refractivity contribution in [3.8, 4) is 6.07 Å². The number of hydrogen-bond acceptors (Lipinski definition) is 3. The molecule has 4 unspecified atom stereocenters. The Balaban J connectivity index is 1.53. The van der Waals surface area contributed by atoms with Gasteiger partial charge < -0.3 is 15.3 Å². The molecule has 2 saturated carbocycles. The molecule has 2 saturated heterocycles. The third kappa shape index (κ3) is 2.53. The molecular weight excluding hydrogens is 354 g/mol. The van der Waals surface area contributed by atoms with Crippen LogP contribution in [0.4, 0.5) is 10.5 Å². The number of nitrogens with zero attached hydrogens (tertiary/aromatic N) is 2. The van der Waals surface area contributed by atoms with Crippen molar-refractivity contribution in [2.75, 3.05) is 5.32 Å². The molecule has 136 valence electrons. The van der Waals surface area contributed by atoms with E-state index in [2.05, 4.69) is 11.4 Å². The van der Waals surface area contributed by atoms with Gasteiger partial charge >= 0.3 is 12.0 Å². The largest absolute Gasteiger partial charge is 0.479 e. The average molecular weight is 374 g/mol. The number of fused-ring (bicyclic) bond motifs is 2. The van der Waals surface area contributed by atoms with E-state index in [0.29, 0.717) is 29.5 Å². The molecule has 2 heterocycles. The Labute approximate surface area is 156 Å². The van der Waals surface area contributed by atoms with Crippen LogP contribution in [0.25, 0.3) is 0 Å². The lowest BCUT2D eigenvalue weighted by atomic mass is 9.64. The Bertz CT molecular complexity index is 836. The Kier molecular flexibility index (Phi) is 3.89. The van der Waals surface area contributed by atoms with Crippen LogP contribution in [0.5, 0.6) is 0 Å². The van der Waals surface area contributed by atoms with Crippen molar-refractivity contribution in [1.82, 2.24) is 4.90 Å². The predicted octanol–water partition coefficient (Wildman–Crippen LogP) is 3.83. The summed E-state index contributed by atoms with van der Waals surface area (Å²) in [6, 6.07) is 7.06. The summed E-state index contributed by atoms with van der Waals surface area (Å²) in [4.78, 5) is 26.1. The molecule has 1 aromatic rings. The molecule has 2 N–H and O–H groups in total. The van der Waals surface area contributed by atoms with Gasteiger partial charge in [0.2, 0.25) is 0 Å². The molecule has 0 radical (unpaired) electrons. The monoisotopic (exact) mass is 373 g/mol. The average Bonchev–Trinajstić information content (AvgIpc) is 3.35. The number of carboxylic acid groups (broad SMARTS) is 1. The van der Waals surface area contributed by atoms with Gasteiger partial charge in [-0.25, -0.2) is 9.59 Å². The zero-order chi connectivity index (χ0) is 18.6. The third-order valence-corrected chi connectivity index (χ3v) is 6.32. The van der Waals surface area contributed by atoms with Crippen molar-refractivity contribution >= 4 is 29.3 Å². The van der Waals surface area contributed by atoms with Crippen LogP contribution in [0.1, 0.15) is 44.1 Å². The van der Waals surface area contributed by atoms with Crippen molar-refractivity contribution < 1.29 is 14.7 Å². The Morgan fingerprint density at radius 2 is 2.15 bits per heavy atom. The molecule has 2 bridgehead atoms. The minimum absolute atomic E-state index is 0.0203. The number of carboxylic acids is 1. The standard InChI is InChI=1S/C19H20ClN3O3/c1-10-4-13-8-19(7-10,17(24)25)23(13)18(26)22-12-2-3-16(20)15(6-12)14-5-11(14)9-21/h2-3,6,10-11,13-14H,4-5,7-8H2,1H3,(H,22,26)(H,24,25)/t10?,11-,13?,14?,19?/m1/s1. The summed E-state index contributed by atoms with van der Waals surface area (Å²) < 4.78 is 0. The van der Waals surface area contributed by atoms with Gasteiger partial charge in [0, 0.05) is 29.1 Å². The first-order chi connectivity index (χ1) is 12.4. The number of rotatable bonds is 3. The Morgan fingerprint density at radius 3 is 2.81 bits per heavy atom. The molecule has 5 rings (SSSR count). The van der Waals surface area contributed by atoms with E-state index in [1.54, 1.807) is 18.2 Å². The lowest BCUT2D eigenvalue weighted by Gasteiger charge is -2.60. The lowest BCUT2D eigenvalue weighted by molar-refractivity contribution is -0.173. The van der Waals surface area contributed by atoms with E-state index in [1.807, 2.05) is 6.92 Å². The highest BCUT2D eigenvalue weighted by molar-refractivity contribution is 6.31. The van der Waals surface area contributed by atoms with Crippen LogP contribution in [0.15, 0.2) is 18.2 Å². The molecular formula is C19H20ClN3O3. The zero-order valence-electron chi connectivity index (χ0n) is 14.4. The molecule has 2 aliphatic carbocycles. The normalized spacial score (nSPS) is 34.4. The number of anilines is 1. The van der Waals surface area contributed by atoms with Crippen molar-refractivity contribution in [2.24, 2.45) is 11.8 Å². The van der Waals surface area contributed by atoms with Crippen LogP contribution in [-0.2, 0) is 4.79 Å². The first-order valence-electron chi connectivity index (χ1n) is 8.88. The molecule has 2 amide bonds. The van der Waals surface area contributed by atoms with Gasteiger partial charge in [0.15, 0.2) is 0 Å². The van der Waals surface area contributed by atoms with Crippen LogP contribution in [0.3, 0.4) is 0 Å². The third-order valence-electron chi connectivity index (χ3n) is 5.98. The van der Waals surface area contributed by atoms with E-state index in [4.69, 9.17) is 16.9 Å². The fourth-order valence-corrected chi connectivity index (χ4v) is 4.98. The maximum absolute atomic E-state index is 12.8. The molecule has 2 aliphatic heterocycles. The number of benzene rings is 1. The SMILES string of the molecule is CC1CC2CC(C(=O)O)(C1)N2C(=O)Nc1ccc(Cl)c(C2C[C@@H]2C#N)c1. The summed E-state index contributed by atoms with van der Waals surface area (Å²) in [6.45, 7) is 2.03. The van der Waals surface area contributed by atoms with E-state index in [9.17, 15) is 14.7 Å². The second kappa shape index (κ2) is 5.88. The number of amides is 2. The van der Waals surface area contributed by atoms with Gasteiger partial charge in [-0.1, -0.05) is 18.5 Å². The van der Waals surface area contributed by atoms with Crippen LogP contribution in [-0.4, -0.2) is 33.6 Å². The first kappa shape index (κ1) is 17.2. The number of carbonyl (C=O) groups is 2. The fraction of sp³-hybridized carbons (Fsp3) is 0.526. The van der Waals surface area contributed by atoms with Gasteiger partial charge in [-0.15, -0.1) is 0 Å². The topological polar surface area (TPSA) is 93.4 Å². The van der Waals surface area contributed by atoms with Gasteiger partial charge in [0.05, 0.1) is 12.0 Å². The Hall–Kier alpha value is -2.26. The van der Waals surface area contributed by atoms with Gasteiger partial charge in [-0.2, -0.15) is 5.26 Å². The van der Waals surface area contributed by atoms with E-state index in [-0.39, 0.29) is 23.9 Å². The minimum atomic E-state index is -1.08. The second-order valence-corrected chi connectivity index (χ2v) is 8.26. The van der Waals surface area contributed by atoms with Crippen molar-refractivity contribution in [1.29, 1.82) is 5.26 Å². The summed E-state index contributed by atoms with van der Waals surface area (Å²) in [5, 5.41) is 22.1. The molecule has 4 aliphatic rings. The second-order valence-electron chi connectivity index (χ2n) is 7.85. The summed E-state index contributed by atoms with van der Waals surface area (Å²) in [7, 11) is 0. The van der Waals surface area contributed by atoms with Crippen LogP contribution >= 0.6 is 11.6 Å².